The molecule has 0 bridgehead atoms. The Labute approximate surface area is 176 Å². The summed E-state index contributed by atoms with van der Waals surface area (Å²) in [4.78, 5) is 0. The molecule has 3 saturated carbocycles. The van der Waals surface area contributed by atoms with Crippen LogP contribution >= 0.6 is 0 Å². The van der Waals surface area contributed by atoms with E-state index in [1.54, 1.807) is 0 Å². The first-order chi connectivity index (χ1) is 11.4. The zero-order chi connectivity index (χ0) is 17.5. The molecule has 4 aliphatic rings. The van der Waals surface area contributed by atoms with Gasteiger partial charge in [-0.2, -0.15) is 11.8 Å². The summed E-state index contributed by atoms with van der Waals surface area (Å²) in [5, 5.41) is 0. The molecule has 2 atom stereocenters. The maximum absolute atomic E-state index is 5.88. The van der Waals surface area contributed by atoms with Gasteiger partial charge in [0.25, 0.3) is 0 Å². The van der Waals surface area contributed by atoms with Crippen LogP contribution in [0.2, 0.25) is 0 Å². The second kappa shape index (κ2) is 11.6. The number of ether oxygens (including phenoxy) is 2. The first kappa shape index (κ1) is 23.8. The largest absolute Gasteiger partial charge is 4.00 e. The van der Waals surface area contributed by atoms with Gasteiger partial charge in [0, 0.05) is 5.41 Å². The SMILES string of the molecule is [CH2-][C@@H]1CC2(C[C@H]1[CH2-])OCC(C)(C)CO2.[CH]1[CH][CH][CH][CH]1.[CH]1[CH][CH][CH][CH]1.[Zr+4]. The van der Waals surface area contributed by atoms with E-state index in [0.717, 1.165) is 26.1 Å². The molecule has 1 aliphatic heterocycles. The van der Waals surface area contributed by atoms with Gasteiger partial charge < -0.3 is 23.3 Å². The smallest absolute Gasteiger partial charge is 0.349 e. The number of rotatable bonds is 0. The van der Waals surface area contributed by atoms with Crippen LogP contribution in [0.3, 0.4) is 0 Å². The molecule has 4 rings (SSSR count). The molecule has 3 heteroatoms. The summed E-state index contributed by atoms with van der Waals surface area (Å²) >= 11 is 0. The molecule has 1 saturated heterocycles. The van der Waals surface area contributed by atoms with Crippen molar-refractivity contribution in [2.45, 2.75) is 32.5 Å². The summed E-state index contributed by atoms with van der Waals surface area (Å²) in [7, 11) is 0. The van der Waals surface area contributed by atoms with Crippen molar-refractivity contribution in [1.82, 2.24) is 0 Å². The van der Waals surface area contributed by atoms with Gasteiger partial charge >= 0.3 is 26.2 Å². The Morgan fingerprint density at radius 3 is 1.24 bits per heavy atom. The van der Waals surface area contributed by atoms with Crippen molar-refractivity contribution in [2.75, 3.05) is 13.2 Å². The molecule has 0 unspecified atom stereocenters. The minimum atomic E-state index is -0.353. The van der Waals surface area contributed by atoms with Crippen LogP contribution in [0.25, 0.3) is 0 Å². The molecular weight excluding hydrogens is 387 g/mol. The van der Waals surface area contributed by atoms with Gasteiger partial charge in [-0.05, 0) is 77.0 Å². The van der Waals surface area contributed by atoms with E-state index in [2.05, 4.69) is 27.7 Å². The molecule has 1 spiro atoms. The predicted octanol–water partition coefficient (Wildman–Crippen LogP) is 4.49. The van der Waals surface area contributed by atoms with E-state index < -0.39 is 0 Å². The molecule has 4 fully saturated rings. The fourth-order valence-electron chi connectivity index (χ4n) is 2.83. The molecule has 25 heavy (non-hydrogen) atoms. The molecular formula is C22H30O2Zr+2. The maximum atomic E-state index is 5.88. The van der Waals surface area contributed by atoms with Crippen molar-refractivity contribution in [3.63, 3.8) is 0 Å². The van der Waals surface area contributed by atoms with E-state index in [9.17, 15) is 0 Å². The quantitative estimate of drug-likeness (QED) is 0.541. The van der Waals surface area contributed by atoms with E-state index in [1.807, 2.05) is 64.2 Å². The first-order valence-electron chi connectivity index (χ1n) is 8.70. The van der Waals surface area contributed by atoms with Crippen molar-refractivity contribution in [3.8, 4) is 0 Å². The molecule has 2 nitrogen and oxygen atoms in total. The Kier molecular flexibility index (Phi) is 11.1. The van der Waals surface area contributed by atoms with Crippen LogP contribution < -0.4 is 0 Å². The van der Waals surface area contributed by atoms with Gasteiger partial charge in [-0.15, -0.1) is 0 Å². The summed E-state index contributed by atoms with van der Waals surface area (Å²) < 4.78 is 11.8. The van der Waals surface area contributed by atoms with Gasteiger partial charge in [-0.25, -0.2) is 0 Å². The molecule has 10 radical (unpaired) electrons. The summed E-state index contributed by atoms with van der Waals surface area (Å²) in [6, 6.07) is 0. The second-order valence-electron chi connectivity index (χ2n) is 7.51. The van der Waals surface area contributed by atoms with Crippen molar-refractivity contribution >= 4 is 0 Å². The minimum Gasteiger partial charge on any atom is -0.349 e. The third-order valence-corrected chi connectivity index (χ3v) is 4.38. The van der Waals surface area contributed by atoms with Crippen LogP contribution in [0.15, 0.2) is 0 Å². The van der Waals surface area contributed by atoms with E-state index >= 15 is 0 Å². The van der Waals surface area contributed by atoms with Gasteiger partial charge in [0.2, 0.25) is 0 Å². The first-order valence-corrected chi connectivity index (χ1v) is 8.70. The predicted molar refractivity (Wildman–Crippen MR) is 98.3 cm³/mol. The average molecular weight is 418 g/mol. The zero-order valence-corrected chi connectivity index (χ0v) is 17.9. The van der Waals surface area contributed by atoms with Crippen molar-refractivity contribution < 1.29 is 35.7 Å². The number of hydrogen-bond donors (Lipinski definition) is 0. The summed E-state index contributed by atoms with van der Waals surface area (Å²) in [6.07, 6.45) is 21.8. The Bertz CT molecular complexity index is 301. The minimum absolute atomic E-state index is 0. The third-order valence-electron chi connectivity index (χ3n) is 4.38. The fraction of sp³-hybridized carbons (Fsp3) is 0.455. The van der Waals surface area contributed by atoms with Crippen LogP contribution in [-0.2, 0) is 35.7 Å². The van der Waals surface area contributed by atoms with Crippen LogP contribution in [-0.4, -0.2) is 19.0 Å². The van der Waals surface area contributed by atoms with Gasteiger partial charge in [-0.3, -0.25) is 0 Å². The Morgan fingerprint density at radius 1 is 0.680 bits per heavy atom. The normalized spacial score (nSPS) is 32.2. The Morgan fingerprint density at radius 2 is 0.960 bits per heavy atom. The van der Waals surface area contributed by atoms with Crippen LogP contribution in [0, 0.1) is 95.3 Å². The van der Waals surface area contributed by atoms with Crippen molar-refractivity contribution in [2.24, 2.45) is 17.3 Å². The van der Waals surface area contributed by atoms with Crippen LogP contribution in [0.1, 0.15) is 26.7 Å². The molecule has 3 aliphatic carbocycles. The molecule has 0 aromatic rings. The summed E-state index contributed by atoms with van der Waals surface area (Å²) in [5.41, 5.74) is 0.154. The van der Waals surface area contributed by atoms with Gasteiger partial charge in [-0.1, -0.05) is 13.8 Å². The summed E-state index contributed by atoms with van der Waals surface area (Å²) in [5.74, 6) is 0.390. The monoisotopic (exact) mass is 416 g/mol. The zero-order valence-electron chi connectivity index (χ0n) is 15.5. The van der Waals surface area contributed by atoms with Gasteiger partial charge in [0.15, 0.2) is 5.79 Å². The van der Waals surface area contributed by atoms with Gasteiger partial charge in [0.05, 0.1) is 13.2 Å². The fourth-order valence-corrected chi connectivity index (χ4v) is 2.83. The van der Waals surface area contributed by atoms with E-state index in [1.165, 1.54) is 0 Å². The Balaban J connectivity index is 0.000000233. The maximum Gasteiger partial charge on any atom is 4.00 e. The van der Waals surface area contributed by atoms with E-state index in [4.69, 9.17) is 9.47 Å². The molecule has 0 aromatic carbocycles. The third kappa shape index (κ3) is 8.57. The van der Waals surface area contributed by atoms with Crippen molar-refractivity contribution in [3.05, 3.63) is 78.1 Å². The van der Waals surface area contributed by atoms with E-state index in [-0.39, 0.29) is 37.4 Å². The van der Waals surface area contributed by atoms with Crippen molar-refractivity contribution in [1.29, 1.82) is 0 Å². The van der Waals surface area contributed by atoms with Crippen LogP contribution in [0.4, 0.5) is 0 Å². The molecule has 0 N–H and O–H groups in total. The summed E-state index contributed by atoms with van der Waals surface area (Å²) in [6.45, 7) is 14.1. The van der Waals surface area contributed by atoms with E-state index in [0.29, 0.717) is 11.8 Å². The van der Waals surface area contributed by atoms with Gasteiger partial charge in [0.1, 0.15) is 0 Å². The number of hydrogen-bond acceptors (Lipinski definition) is 2. The Hall–Kier alpha value is 0.803. The molecule has 0 amide bonds. The molecule has 0 aromatic heterocycles. The van der Waals surface area contributed by atoms with Crippen LogP contribution in [0.5, 0.6) is 0 Å². The topological polar surface area (TPSA) is 18.5 Å². The second-order valence-corrected chi connectivity index (χ2v) is 7.51. The standard InChI is InChI=1S/C12H20O2.2C5H5.Zr/c1-9-5-12(6-10(9)2)13-7-11(3,4)8-14-12;2*1-2-4-5-3-1;/h9-10H,1-2,5-8H2,3-4H3;2*1-5H;/q-2;;;+4/t9-,10-;;;/m1.../s1. The molecule has 132 valence electrons. The average Bonchev–Trinajstić information content (AvgIpc) is 3.31. The molecule has 1 heterocycles.